The highest BCUT2D eigenvalue weighted by Gasteiger charge is 2.25. The zero-order chi connectivity index (χ0) is 33.2. The molecule has 7 aromatic rings. The Morgan fingerprint density at radius 2 is 1.42 bits per heavy atom. The number of nitrogens with zero attached hydrogens (tertiary/aromatic N) is 4. The van der Waals surface area contributed by atoms with Gasteiger partial charge in [-0.3, -0.25) is 4.57 Å². The molecule has 8 rings (SSSR count). The lowest BCUT2D eigenvalue weighted by atomic mass is 9.88. The molecule has 0 bridgehead atoms. The predicted molar refractivity (Wildman–Crippen MR) is 201 cm³/mol. The Morgan fingerprint density at radius 3 is 2.21 bits per heavy atom. The van der Waals surface area contributed by atoms with Crippen molar-refractivity contribution in [3.63, 3.8) is 0 Å². The van der Waals surface area contributed by atoms with Crippen molar-refractivity contribution in [2.45, 2.75) is 40.0 Å². The first-order chi connectivity index (χ1) is 23.2. The molecule has 5 aromatic carbocycles. The Labute approximate surface area is 282 Å². The van der Waals surface area contributed by atoms with Gasteiger partial charge in [-0.2, -0.15) is 0 Å². The van der Waals surface area contributed by atoms with Gasteiger partial charge >= 0.3 is 0 Å². The van der Waals surface area contributed by atoms with E-state index in [4.69, 9.17) is 9.72 Å². The van der Waals surface area contributed by atoms with E-state index in [9.17, 15) is 0 Å². The van der Waals surface area contributed by atoms with Gasteiger partial charge in [-0.05, 0) is 95.6 Å². The highest BCUT2D eigenvalue weighted by Crippen LogP contribution is 2.45. The summed E-state index contributed by atoms with van der Waals surface area (Å²) in [5.74, 6) is 2.48. The second-order valence-electron chi connectivity index (χ2n) is 14.0. The van der Waals surface area contributed by atoms with Crippen LogP contribution in [0.4, 0.5) is 17.1 Å². The van der Waals surface area contributed by atoms with E-state index in [1.54, 1.807) is 0 Å². The molecule has 0 aliphatic carbocycles. The first-order valence-electron chi connectivity index (χ1n) is 16.6. The van der Waals surface area contributed by atoms with Gasteiger partial charge in [0.1, 0.15) is 17.3 Å². The van der Waals surface area contributed by atoms with Crippen molar-refractivity contribution in [2.24, 2.45) is 0 Å². The minimum atomic E-state index is -0.0101. The zero-order valence-corrected chi connectivity index (χ0v) is 28.5. The molecule has 0 amide bonds. The van der Waals surface area contributed by atoms with Gasteiger partial charge in [0, 0.05) is 41.8 Å². The summed E-state index contributed by atoms with van der Waals surface area (Å²) in [6.45, 7) is 11.9. The highest BCUT2D eigenvalue weighted by molar-refractivity contribution is 6.16. The summed E-state index contributed by atoms with van der Waals surface area (Å²) in [5, 5.41) is 2.39. The zero-order valence-electron chi connectivity index (χ0n) is 28.5. The van der Waals surface area contributed by atoms with Crippen molar-refractivity contribution >= 4 is 38.9 Å². The molecule has 5 heteroatoms. The van der Waals surface area contributed by atoms with Gasteiger partial charge in [0.2, 0.25) is 0 Å². The lowest BCUT2D eigenvalue weighted by Crippen LogP contribution is -2.23. The molecule has 0 atom stereocenters. The van der Waals surface area contributed by atoms with Crippen LogP contribution in [0.5, 0.6) is 11.5 Å². The van der Waals surface area contributed by atoms with Crippen LogP contribution in [0.3, 0.4) is 0 Å². The van der Waals surface area contributed by atoms with Crippen LogP contribution in [0.2, 0.25) is 0 Å². The number of anilines is 3. The molecule has 1 aliphatic rings. The summed E-state index contributed by atoms with van der Waals surface area (Å²) >= 11 is 0. The number of aromatic nitrogens is 2. The Balaban J connectivity index is 1.34. The first kappa shape index (κ1) is 29.8. The maximum absolute atomic E-state index is 6.83. The van der Waals surface area contributed by atoms with Gasteiger partial charge in [-0.15, -0.1) is 0 Å². The van der Waals surface area contributed by atoms with Gasteiger partial charge < -0.3 is 14.5 Å². The standard InChI is InChI=1S/C43H40N4O/c1-28-13-11-14-29(2)41(28)35-25-33(48-32-16-12-15-31(24-32)46-27-45(6)37-19-9-10-20-38(37)46)26-39-42(35)34-17-7-8-18-36(34)47(39)40-23-30(21-22-44-40)43(3,4)5/h7-26H,27H2,1-6H3. The molecule has 0 unspecified atom stereocenters. The van der Waals surface area contributed by atoms with E-state index in [2.05, 4.69) is 165 Å². The number of hydrogen-bond donors (Lipinski definition) is 0. The third-order valence-corrected chi connectivity index (χ3v) is 9.64. The molecule has 1 aliphatic heterocycles. The number of rotatable bonds is 5. The largest absolute Gasteiger partial charge is 0.457 e. The highest BCUT2D eigenvalue weighted by atomic mass is 16.5. The van der Waals surface area contributed by atoms with Crippen LogP contribution in [0.1, 0.15) is 37.5 Å². The summed E-state index contributed by atoms with van der Waals surface area (Å²) in [6.07, 6.45) is 1.93. The Kier molecular flexibility index (Phi) is 7.03. The number of hydrogen-bond acceptors (Lipinski definition) is 4. The van der Waals surface area contributed by atoms with Crippen molar-refractivity contribution in [1.82, 2.24) is 9.55 Å². The minimum Gasteiger partial charge on any atom is -0.457 e. The normalized spacial score (nSPS) is 13.0. The summed E-state index contributed by atoms with van der Waals surface area (Å²) in [5.41, 5.74) is 11.8. The van der Waals surface area contributed by atoms with Crippen LogP contribution in [-0.4, -0.2) is 23.3 Å². The molecule has 48 heavy (non-hydrogen) atoms. The summed E-state index contributed by atoms with van der Waals surface area (Å²) in [6, 6.07) is 40.9. The van der Waals surface area contributed by atoms with E-state index < -0.39 is 0 Å². The van der Waals surface area contributed by atoms with E-state index in [-0.39, 0.29) is 5.41 Å². The van der Waals surface area contributed by atoms with Crippen molar-refractivity contribution in [3.05, 3.63) is 138 Å². The van der Waals surface area contributed by atoms with E-state index >= 15 is 0 Å². The van der Waals surface area contributed by atoms with E-state index in [1.807, 2.05) is 12.3 Å². The smallest absolute Gasteiger partial charge is 0.137 e. The van der Waals surface area contributed by atoms with E-state index in [0.29, 0.717) is 0 Å². The minimum absolute atomic E-state index is 0.0101. The molecule has 0 saturated heterocycles. The molecule has 3 heterocycles. The molecule has 0 fully saturated rings. The molecule has 0 radical (unpaired) electrons. The van der Waals surface area contributed by atoms with Gasteiger partial charge in [-0.25, -0.2) is 4.98 Å². The number of aryl methyl sites for hydroxylation is 2. The average Bonchev–Trinajstić information content (AvgIpc) is 3.59. The topological polar surface area (TPSA) is 33.5 Å². The molecule has 0 N–H and O–H groups in total. The van der Waals surface area contributed by atoms with Crippen LogP contribution < -0.4 is 14.5 Å². The number of benzene rings is 5. The van der Waals surface area contributed by atoms with Gasteiger partial charge in [0.15, 0.2) is 0 Å². The lowest BCUT2D eigenvalue weighted by molar-refractivity contribution is 0.483. The van der Waals surface area contributed by atoms with Gasteiger partial charge in [0.05, 0.1) is 29.1 Å². The van der Waals surface area contributed by atoms with E-state index in [1.165, 1.54) is 44.4 Å². The second kappa shape index (κ2) is 11.3. The van der Waals surface area contributed by atoms with Gasteiger partial charge in [0.25, 0.3) is 0 Å². The Morgan fingerprint density at radius 1 is 0.688 bits per heavy atom. The molecule has 5 nitrogen and oxygen atoms in total. The number of para-hydroxylation sites is 3. The number of pyridine rings is 1. The molecular weight excluding hydrogens is 589 g/mol. The predicted octanol–water partition coefficient (Wildman–Crippen LogP) is 11.1. The molecule has 2 aromatic heterocycles. The quantitative estimate of drug-likeness (QED) is 0.190. The molecule has 0 saturated carbocycles. The molecular formula is C43H40N4O. The second-order valence-corrected chi connectivity index (χ2v) is 14.0. The van der Waals surface area contributed by atoms with E-state index in [0.717, 1.165) is 46.3 Å². The van der Waals surface area contributed by atoms with Crippen LogP contribution in [0.15, 0.2) is 121 Å². The summed E-state index contributed by atoms with van der Waals surface area (Å²) in [4.78, 5) is 9.55. The molecule has 0 spiro atoms. The Bertz CT molecular complexity index is 2320. The third kappa shape index (κ3) is 4.98. The Hall–Kier alpha value is -5.55. The van der Waals surface area contributed by atoms with Gasteiger partial charge in [-0.1, -0.05) is 75.4 Å². The SMILES string of the molecule is Cc1cccc(C)c1-c1cc(Oc2cccc(N3CN(C)c4ccccc43)c2)cc2c1c1ccccc1n2-c1cc(C(C)(C)C)ccn1. The fourth-order valence-electron chi connectivity index (χ4n) is 7.27. The molecule has 238 valence electrons. The first-order valence-corrected chi connectivity index (χ1v) is 16.6. The maximum atomic E-state index is 6.83. The van der Waals surface area contributed by atoms with Crippen LogP contribution >= 0.6 is 0 Å². The van der Waals surface area contributed by atoms with Crippen molar-refractivity contribution in [1.29, 1.82) is 0 Å². The number of ether oxygens (including phenoxy) is 1. The average molecular weight is 629 g/mol. The fourth-order valence-corrected chi connectivity index (χ4v) is 7.27. The van der Waals surface area contributed by atoms with Crippen molar-refractivity contribution in [3.8, 4) is 28.4 Å². The van der Waals surface area contributed by atoms with Crippen molar-refractivity contribution < 1.29 is 4.74 Å². The summed E-state index contributed by atoms with van der Waals surface area (Å²) in [7, 11) is 2.13. The maximum Gasteiger partial charge on any atom is 0.137 e. The fraction of sp³-hybridized carbons (Fsp3) is 0.186. The van der Waals surface area contributed by atoms with Crippen LogP contribution in [-0.2, 0) is 5.41 Å². The lowest BCUT2D eigenvalue weighted by Gasteiger charge is -2.21. The third-order valence-electron chi connectivity index (χ3n) is 9.64. The monoisotopic (exact) mass is 628 g/mol. The summed E-state index contributed by atoms with van der Waals surface area (Å²) < 4.78 is 9.14. The van der Waals surface area contributed by atoms with Crippen LogP contribution in [0, 0.1) is 13.8 Å². The van der Waals surface area contributed by atoms with Crippen molar-refractivity contribution in [2.75, 3.05) is 23.5 Å². The number of fused-ring (bicyclic) bond motifs is 4. The van der Waals surface area contributed by atoms with Crippen LogP contribution in [0.25, 0.3) is 38.8 Å².